The molecule has 10 rings (SSSR count). The van der Waals surface area contributed by atoms with E-state index in [0.29, 0.717) is 32.0 Å². The lowest BCUT2D eigenvalue weighted by Gasteiger charge is -2.33. The van der Waals surface area contributed by atoms with E-state index < -0.39 is 29.7 Å². The first kappa shape index (κ1) is 36.8. The second-order valence-corrected chi connectivity index (χ2v) is 16.6. The lowest BCUT2D eigenvalue weighted by Crippen LogP contribution is -2.54. The molecule has 15 heteroatoms. The topological polar surface area (TPSA) is 169 Å². The van der Waals surface area contributed by atoms with Crippen molar-refractivity contribution in [2.75, 3.05) is 66.3 Å². The smallest absolute Gasteiger partial charge is 0.262 e. The molecule has 8 heterocycles. The van der Waals surface area contributed by atoms with Crippen molar-refractivity contribution in [2.24, 2.45) is 5.41 Å². The zero-order chi connectivity index (χ0) is 40.4. The number of ether oxygens (including phenoxy) is 1. The number of rotatable bonds is 7. The molecule has 3 fully saturated rings. The molecule has 5 amide bonds. The van der Waals surface area contributed by atoms with Crippen molar-refractivity contribution in [3.8, 4) is 5.88 Å². The first-order chi connectivity index (χ1) is 28.6. The number of nitrogens with zero attached hydrogens (tertiary/aromatic N) is 6. The number of piperidine rings is 1. The molecule has 0 aliphatic carbocycles. The van der Waals surface area contributed by atoms with Gasteiger partial charge in [0.2, 0.25) is 23.6 Å². The maximum Gasteiger partial charge on any atom is 0.262 e. The summed E-state index contributed by atoms with van der Waals surface area (Å²) in [6, 6.07) is 14.4. The summed E-state index contributed by atoms with van der Waals surface area (Å²) >= 11 is 0. The van der Waals surface area contributed by atoms with E-state index in [9.17, 15) is 24.0 Å². The van der Waals surface area contributed by atoms with Crippen LogP contribution >= 0.6 is 0 Å². The van der Waals surface area contributed by atoms with Crippen molar-refractivity contribution < 1.29 is 28.7 Å². The van der Waals surface area contributed by atoms with Crippen LogP contribution < -0.4 is 30.5 Å². The van der Waals surface area contributed by atoms with Gasteiger partial charge in [0, 0.05) is 80.8 Å². The Kier molecular flexibility index (Phi) is 8.98. The molecule has 2 atom stereocenters. The van der Waals surface area contributed by atoms with E-state index >= 15 is 0 Å². The van der Waals surface area contributed by atoms with Gasteiger partial charge in [0.25, 0.3) is 11.8 Å². The molecular formula is C44H45N9O6. The molecule has 15 nitrogen and oxygen atoms in total. The number of nitrogens with one attached hydrogen (secondary N) is 3. The second-order valence-electron chi connectivity index (χ2n) is 16.6. The van der Waals surface area contributed by atoms with E-state index in [1.165, 1.54) is 11.1 Å². The average Bonchev–Trinajstić information content (AvgIpc) is 3.94. The van der Waals surface area contributed by atoms with Gasteiger partial charge in [-0.1, -0.05) is 12.1 Å². The number of pyridine rings is 2. The minimum atomic E-state index is -0.997. The van der Waals surface area contributed by atoms with Crippen molar-refractivity contribution in [3.05, 3.63) is 94.3 Å². The zero-order valence-electron chi connectivity index (χ0n) is 32.9. The van der Waals surface area contributed by atoms with Gasteiger partial charge in [-0.3, -0.25) is 34.2 Å². The number of anilines is 5. The fourth-order valence-corrected chi connectivity index (χ4v) is 9.67. The van der Waals surface area contributed by atoms with Crippen molar-refractivity contribution in [1.29, 1.82) is 0 Å². The van der Waals surface area contributed by atoms with E-state index in [-0.39, 0.29) is 35.3 Å². The highest BCUT2D eigenvalue weighted by atomic mass is 16.5. The number of imide groups is 2. The van der Waals surface area contributed by atoms with E-state index in [1.807, 2.05) is 47.6 Å². The van der Waals surface area contributed by atoms with Gasteiger partial charge >= 0.3 is 0 Å². The van der Waals surface area contributed by atoms with Gasteiger partial charge in [-0.2, -0.15) is 0 Å². The Morgan fingerprint density at radius 1 is 0.898 bits per heavy atom. The standard InChI is InChI=1S/C44H45N9O6/c1-26-35(22-47-41-39(26)45-13-17-59-41)50-14-10-28-21-46-36(19-29(28)23-50)48-30-4-2-27(3-5-30)18-38(55)52-16-12-44(25-52)11-15-51(24-44)31-6-7-32-33(20-31)43(58)53(42(32)57)34-8-9-37(54)49-40(34)56/h2-7,19-22,34,45H,8-18,23-25H2,1H3,(H,46,48)(H,49,54,56). The van der Waals surface area contributed by atoms with Crippen LogP contribution in [-0.2, 0) is 33.8 Å². The van der Waals surface area contributed by atoms with Crippen LogP contribution in [0.4, 0.5) is 28.6 Å². The second kappa shape index (κ2) is 14.4. The summed E-state index contributed by atoms with van der Waals surface area (Å²) in [6.07, 6.45) is 7.10. The van der Waals surface area contributed by atoms with Crippen molar-refractivity contribution in [2.45, 2.75) is 58.0 Å². The average molecular weight is 796 g/mol. The Hall–Kier alpha value is -6.51. The summed E-state index contributed by atoms with van der Waals surface area (Å²) in [6.45, 7) is 8.03. The third kappa shape index (κ3) is 6.67. The number of benzene rings is 2. The number of carbonyl (C=O) groups excluding carboxylic acids is 5. The fourth-order valence-electron chi connectivity index (χ4n) is 9.67. The van der Waals surface area contributed by atoms with Gasteiger partial charge in [-0.15, -0.1) is 0 Å². The molecule has 2 unspecified atom stereocenters. The van der Waals surface area contributed by atoms with E-state index in [2.05, 4.69) is 43.7 Å². The molecule has 1 spiro atoms. The Morgan fingerprint density at radius 2 is 1.73 bits per heavy atom. The first-order valence-electron chi connectivity index (χ1n) is 20.4. The SMILES string of the molecule is Cc1c(N2CCc3cnc(Nc4ccc(CC(=O)N5CCC6(CCN(c7ccc8c(c7)C(=O)N(C7CCC(=O)NC7=O)C8=O)C6)C5)cc4)cc3C2)cnc2c1NCCO2. The van der Waals surface area contributed by atoms with Crippen LogP contribution in [0, 0.1) is 12.3 Å². The largest absolute Gasteiger partial charge is 0.474 e. The zero-order valence-corrected chi connectivity index (χ0v) is 32.9. The normalized spacial score (nSPS) is 22.2. The van der Waals surface area contributed by atoms with Crippen LogP contribution in [0.15, 0.2) is 60.9 Å². The molecule has 4 aromatic rings. The molecule has 59 heavy (non-hydrogen) atoms. The summed E-state index contributed by atoms with van der Waals surface area (Å²) < 4.78 is 5.73. The highest BCUT2D eigenvalue weighted by Gasteiger charge is 2.47. The van der Waals surface area contributed by atoms with Crippen LogP contribution in [0.2, 0.25) is 0 Å². The predicted molar refractivity (Wildman–Crippen MR) is 219 cm³/mol. The van der Waals surface area contributed by atoms with Crippen LogP contribution in [0.1, 0.15) is 68.7 Å². The van der Waals surface area contributed by atoms with Crippen molar-refractivity contribution in [3.63, 3.8) is 0 Å². The Bertz CT molecular complexity index is 2440. The number of likely N-dealkylation sites (tertiary alicyclic amines) is 1. The molecule has 6 aliphatic rings. The van der Waals surface area contributed by atoms with Gasteiger partial charge in [0.05, 0.1) is 29.4 Å². The fraction of sp³-hybridized carbons (Fsp3) is 0.386. The van der Waals surface area contributed by atoms with Crippen LogP contribution in [0.25, 0.3) is 0 Å². The van der Waals surface area contributed by atoms with E-state index in [1.54, 1.807) is 12.1 Å². The summed E-state index contributed by atoms with van der Waals surface area (Å²) in [7, 11) is 0. The molecule has 0 radical (unpaired) electrons. The lowest BCUT2D eigenvalue weighted by molar-refractivity contribution is -0.136. The Labute approximate surface area is 341 Å². The number of hydrogen-bond donors (Lipinski definition) is 3. The molecule has 2 aromatic heterocycles. The van der Waals surface area contributed by atoms with E-state index in [0.717, 1.165) is 96.6 Å². The quantitative estimate of drug-likeness (QED) is 0.231. The molecule has 0 bridgehead atoms. The van der Waals surface area contributed by atoms with Crippen LogP contribution in [0.3, 0.4) is 0 Å². The lowest BCUT2D eigenvalue weighted by atomic mass is 9.86. The summed E-state index contributed by atoms with van der Waals surface area (Å²) in [5, 5.41) is 9.14. The first-order valence-corrected chi connectivity index (χ1v) is 20.4. The number of hydrogen-bond acceptors (Lipinski definition) is 12. The van der Waals surface area contributed by atoms with Crippen molar-refractivity contribution in [1.82, 2.24) is 25.1 Å². The van der Waals surface area contributed by atoms with Gasteiger partial charge in [-0.25, -0.2) is 9.97 Å². The Balaban J connectivity index is 0.739. The molecular weight excluding hydrogens is 751 g/mol. The third-order valence-electron chi connectivity index (χ3n) is 13.0. The number of amides is 5. The molecule has 302 valence electrons. The maximum absolute atomic E-state index is 13.6. The van der Waals surface area contributed by atoms with Crippen molar-refractivity contribution >= 4 is 58.1 Å². The molecule has 0 saturated carbocycles. The summed E-state index contributed by atoms with van der Waals surface area (Å²) in [4.78, 5) is 81.2. The molecule has 3 saturated heterocycles. The van der Waals surface area contributed by atoms with Gasteiger partial charge in [0.15, 0.2) is 0 Å². The van der Waals surface area contributed by atoms with Gasteiger partial charge in [0.1, 0.15) is 24.2 Å². The number of fused-ring (bicyclic) bond motifs is 3. The number of aromatic nitrogens is 2. The minimum absolute atomic E-state index is 0.0532. The van der Waals surface area contributed by atoms with Crippen LogP contribution in [-0.4, -0.2) is 101 Å². The maximum atomic E-state index is 13.6. The minimum Gasteiger partial charge on any atom is -0.474 e. The molecule has 6 aliphatic heterocycles. The van der Waals surface area contributed by atoms with Gasteiger partial charge in [-0.05, 0) is 85.7 Å². The molecule has 3 N–H and O–H groups in total. The Morgan fingerprint density at radius 3 is 2.58 bits per heavy atom. The summed E-state index contributed by atoms with van der Waals surface area (Å²) in [5.41, 5.74) is 8.87. The highest BCUT2D eigenvalue weighted by molar-refractivity contribution is 6.23. The highest BCUT2D eigenvalue weighted by Crippen LogP contribution is 2.42. The van der Waals surface area contributed by atoms with E-state index in [4.69, 9.17) is 9.72 Å². The predicted octanol–water partition coefficient (Wildman–Crippen LogP) is 3.97. The summed E-state index contributed by atoms with van der Waals surface area (Å²) in [5.74, 6) is -0.507. The molecule has 2 aromatic carbocycles. The van der Waals surface area contributed by atoms with Gasteiger partial charge < -0.3 is 30.1 Å². The monoisotopic (exact) mass is 795 g/mol. The number of carbonyl (C=O) groups is 5. The van der Waals surface area contributed by atoms with Crippen LogP contribution in [0.5, 0.6) is 5.88 Å². The third-order valence-corrected chi connectivity index (χ3v) is 13.0.